The van der Waals surface area contributed by atoms with E-state index >= 15 is 0 Å². The van der Waals surface area contributed by atoms with Crippen molar-refractivity contribution in [2.75, 3.05) is 39.6 Å². The van der Waals surface area contributed by atoms with Gasteiger partial charge in [-0.2, -0.15) is 0 Å². The third kappa shape index (κ3) is 68.1. The Balaban J connectivity index is 5.26. The quantitative estimate of drug-likeness (QED) is 0.0169. The monoisotopic (exact) mass is 1380 g/mol. The Hall–Kier alpha value is -2.46. The summed E-state index contributed by atoms with van der Waals surface area (Å²) in [5, 5.41) is 10.6. The molecular formula is C75H142O17P2. The largest absolute Gasteiger partial charge is 0.472 e. The average Bonchev–Trinajstić information content (AvgIpc) is 1.53. The summed E-state index contributed by atoms with van der Waals surface area (Å²) < 4.78 is 68.4. The van der Waals surface area contributed by atoms with Gasteiger partial charge in [-0.05, 0) is 63.2 Å². The Morgan fingerprint density at radius 3 is 0.872 bits per heavy atom. The van der Waals surface area contributed by atoms with Crippen molar-refractivity contribution in [3.05, 3.63) is 24.3 Å². The molecule has 0 aliphatic heterocycles. The van der Waals surface area contributed by atoms with Gasteiger partial charge in [0.25, 0.3) is 0 Å². The third-order valence-electron chi connectivity index (χ3n) is 16.8. The fourth-order valence-electron chi connectivity index (χ4n) is 10.9. The van der Waals surface area contributed by atoms with Gasteiger partial charge in [-0.3, -0.25) is 37.3 Å². The van der Waals surface area contributed by atoms with E-state index in [0.29, 0.717) is 31.6 Å². The zero-order chi connectivity index (χ0) is 69.3. The van der Waals surface area contributed by atoms with Crippen LogP contribution in [0.5, 0.6) is 0 Å². The van der Waals surface area contributed by atoms with Crippen molar-refractivity contribution >= 4 is 39.5 Å². The molecule has 0 radical (unpaired) electrons. The minimum Gasteiger partial charge on any atom is -0.462 e. The van der Waals surface area contributed by atoms with Crippen molar-refractivity contribution in [3.8, 4) is 0 Å². The predicted molar refractivity (Wildman–Crippen MR) is 381 cm³/mol. The van der Waals surface area contributed by atoms with Gasteiger partial charge in [-0.15, -0.1) is 0 Å². The number of rotatable bonds is 72. The molecule has 0 saturated heterocycles. The summed E-state index contributed by atoms with van der Waals surface area (Å²) in [6, 6.07) is 0. The summed E-state index contributed by atoms with van der Waals surface area (Å²) >= 11 is 0. The number of carbonyl (C=O) groups is 4. The maximum Gasteiger partial charge on any atom is 0.472 e. The predicted octanol–water partition coefficient (Wildman–Crippen LogP) is 21.5. The fraction of sp³-hybridized carbons (Fsp3) is 0.893. The minimum absolute atomic E-state index is 0.101. The van der Waals surface area contributed by atoms with Crippen LogP contribution >= 0.6 is 15.6 Å². The van der Waals surface area contributed by atoms with Crippen molar-refractivity contribution in [2.24, 2.45) is 11.8 Å². The highest BCUT2D eigenvalue weighted by atomic mass is 31.2. The molecule has 0 aliphatic carbocycles. The van der Waals surface area contributed by atoms with Crippen molar-refractivity contribution in [1.29, 1.82) is 0 Å². The first kappa shape index (κ1) is 91.5. The number of hydrogen-bond acceptors (Lipinski definition) is 15. The molecule has 0 amide bonds. The fourth-order valence-corrected chi connectivity index (χ4v) is 12.5. The first-order valence-electron chi connectivity index (χ1n) is 38.3. The lowest BCUT2D eigenvalue weighted by Gasteiger charge is -2.21. The van der Waals surface area contributed by atoms with E-state index < -0.39 is 97.5 Å². The summed E-state index contributed by atoms with van der Waals surface area (Å²) in [5.74, 6) is -0.738. The van der Waals surface area contributed by atoms with E-state index in [1.807, 2.05) is 0 Å². The van der Waals surface area contributed by atoms with Crippen LogP contribution in [0, 0.1) is 11.8 Å². The molecule has 5 atom stereocenters. The number of unbranched alkanes of at least 4 members (excludes halogenated alkanes) is 39. The Kier molecular flexibility index (Phi) is 64.7. The number of phosphoric ester groups is 2. The summed E-state index contributed by atoms with van der Waals surface area (Å²) in [5.41, 5.74) is 0. The van der Waals surface area contributed by atoms with E-state index in [2.05, 4.69) is 65.8 Å². The van der Waals surface area contributed by atoms with Crippen molar-refractivity contribution in [2.45, 2.75) is 381 Å². The lowest BCUT2D eigenvalue weighted by atomic mass is 10.0. The van der Waals surface area contributed by atoms with Gasteiger partial charge >= 0.3 is 39.5 Å². The number of aliphatic hydroxyl groups is 1. The number of carbonyl (C=O) groups excluding carboxylic acids is 4. The highest BCUT2D eigenvalue weighted by Gasteiger charge is 2.30. The van der Waals surface area contributed by atoms with Gasteiger partial charge < -0.3 is 33.8 Å². The van der Waals surface area contributed by atoms with E-state index in [1.54, 1.807) is 0 Å². The molecule has 0 aliphatic rings. The molecule has 0 rings (SSSR count). The van der Waals surface area contributed by atoms with E-state index in [9.17, 15) is 43.2 Å². The molecule has 554 valence electrons. The van der Waals surface area contributed by atoms with Crippen LogP contribution in [-0.4, -0.2) is 96.7 Å². The molecule has 3 N–H and O–H groups in total. The van der Waals surface area contributed by atoms with Crippen LogP contribution in [0.15, 0.2) is 24.3 Å². The molecule has 2 unspecified atom stereocenters. The van der Waals surface area contributed by atoms with Gasteiger partial charge in [0.05, 0.1) is 26.4 Å². The maximum absolute atomic E-state index is 13.1. The number of phosphoric acid groups is 2. The van der Waals surface area contributed by atoms with Gasteiger partial charge in [0, 0.05) is 25.7 Å². The van der Waals surface area contributed by atoms with Crippen LogP contribution in [0.2, 0.25) is 0 Å². The van der Waals surface area contributed by atoms with Crippen LogP contribution in [0.3, 0.4) is 0 Å². The van der Waals surface area contributed by atoms with E-state index in [-0.39, 0.29) is 25.7 Å². The van der Waals surface area contributed by atoms with Crippen molar-refractivity contribution in [3.63, 3.8) is 0 Å². The lowest BCUT2D eigenvalue weighted by Crippen LogP contribution is -2.30. The van der Waals surface area contributed by atoms with Gasteiger partial charge in [-0.1, -0.05) is 310 Å². The van der Waals surface area contributed by atoms with Crippen molar-refractivity contribution in [1.82, 2.24) is 0 Å². The molecular weight excluding hydrogens is 1230 g/mol. The molecule has 0 aromatic rings. The molecule has 19 heteroatoms. The second-order valence-corrected chi connectivity index (χ2v) is 30.2. The zero-order valence-electron chi connectivity index (χ0n) is 60.7. The molecule has 17 nitrogen and oxygen atoms in total. The smallest absolute Gasteiger partial charge is 0.462 e. The number of esters is 4. The molecule has 0 aromatic heterocycles. The van der Waals surface area contributed by atoms with E-state index in [1.165, 1.54) is 154 Å². The summed E-state index contributed by atoms with van der Waals surface area (Å²) in [4.78, 5) is 72.7. The standard InChI is InChI=1S/C75H142O17P2/c1-7-9-11-13-15-17-19-21-23-24-25-27-29-31-35-39-47-53-59-74(79)91-70(63-85-72(77)57-51-45-38-34-30-28-26-22-20-18-16-14-12-10-8-2)65-89-93(81,82)87-61-69(76)62-88-94(83,84)90-66-71(64-86-73(78)58-52-46-42-41-44-50-56-68(5)6)92-75(80)60-54-48-40-36-32-33-37-43-49-55-67(3)4/h18,20,22,26,67-71,76H,7-17,19,21,23-25,27-66H2,1-6H3,(H,81,82)(H,83,84)/b20-18-,26-22-/t69-,70-,71-/m1/s1. The third-order valence-corrected chi connectivity index (χ3v) is 18.7. The Morgan fingerprint density at radius 2 is 0.574 bits per heavy atom. The highest BCUT2D eigenvalue weighted by molar-refractivity contribution is 7.47. The summed E-state index contributed by atoms with van der Waals surface area (Å²) in [7, 11) is -9.92. The summed E-state index contributed by atoms with van der Waals surface area (Å²) in [6.45, 7) is 9.41. The molecule has 0 aromatic carbocycles. The maximum atomic E-state index is 13.1. The van der Waals surface area contributed by atoms with Gasteiger partial charge in [0.2, 0.25) is 0 Å². The summed E-state index contributed by atoms with van der Waals surface area (Å²) in [6.07, 6.45) is 56.5. The normalized spacial score (nSPS) is 14.2. The highest BCUT2D eigenvalue weighted by Crippen LogP contribution is 2.45. The SMILES string of the molecule is CCCCCC/C=C\C=C/CCCCCCCC(=O)OC[C@H](COP(=O)(O)OC[C@@H](O)COP(=O)(O)OC[C@@H](COC(=O)CCCCCCCCC(C)C)OC(=O)CCCCCCCCCCCC(C)C)OC(=O)CCCCCCCCCCCCCCCCCCCC. The lowest BCUT2D eigenvalue weighted by molar-refractivity contribution is -0.161. The van der Waals surface area contributed by atoms with Gasteiger partial charge in [-0.25, -0.2) is 9.13 Å². The van der Waals surface area contributed by atoms with Crippen LogP contribution in [0.25, 0.3) is 0 Å². The second-order valence-electron chi connectivity index (χ2n) is 27.3. The molecule has 0 heterocycles. The average molecular weight is 1380 g/mol. The first-order valence-corrected chi connectivity index (χ1v) is 41.3. The van der Waals surface area contributed by atoms with Crippen LogP contribution < -0.4 is 0 Å². The number of ether oxygens (including phenoxy) is 4. The Labute approximate surface area is 573 Å². The van der Waals surface area contributed by atoms with Crippen molar-refractivity contribution < 1.29 is 80.2 Å². The van der Waals surface area contributed by atoms with Gasteiger partial charge in [0.15, 0.2) is 12.2 Å². The molecule has 0 bridgehead atoms. The molecule has 0 spiro atoms. The molecule has 0 fully saturated rings. The minimum atomic E-state index is -4.96. The van der Waals surface area contributed by atoms with Crippen LogP contribution in [0.1, 0.15) is 363 Å². The number of aliphatic hydroxyl groups excluding tert-OH is 1. The molecule has 94 heavy (non-hydrogen) atoms. The Bertz CT molecular complexity index is 1910. The molecule has 0 saturated carbocycles. The topological polar surface area (TPSA) is 237 Å². The van der Waals surface area contributed by atoms with Crippen LogP contribution in [0.4, 0.5) is 0 Å². The second kappa shape index (κ2) is 66.4. The zero-order valence-corrected chi connectivity index (χ0v) is 62.5. The van der Waals surface area contributed by atoms with Crippen LogP contribution in [-0.2, 0) is 65.4 Å². The first-order chi connectivity index (χ1) is 45.4. The number of allylic oxidation sites excluding steroid dienone is 4. The van der Waals surface area contributed by atoms with E-state index in [4.69, 9.17) is 37.0 Å². The van der Waals surface area contributed by atoms with Gasteiger partial charge in [0.1, 0.15) is 19.3 Å². The number of hydrogen-bond donors (Lipinski definition) is 3. The Morgan fingerprint density at radius 1 is 0.330 bits per heavy atom. The van der Waals surface area contributed by atoms with E-state index in [0.717, 1.165) is 121 Å².